The molecule has 0 unspecified atom stereocenters. The molecule has 26 heavy (non-hydrogen) atoms. The number of rotatable bonds is 3. The zero-order valence-corrected chi connectivity index (χ0v) is 14.5. The van der Waals surface area contributed by atoms with Gasteiger partial charge in [0.25, 0.3) is 0 Å². The topological polar surface area (TPSA) is 71.4 Å². The maximum atomic E-state index is 12.2. The molecule has 0 N–H and O–H groups in total. The van der Waals surface area contributed by atoms with Crippen LogP contribution in [-0.4, -0.2) is 39.1 Å². The highest BCUT2D eigenvalue weighted by Crippen LogP contribution is 2.34. The second-order valence-corrected chi connectivity index (χ2v) is 6.64. The average Bonchev–Trinajstić information content (AvgIpc) is 3.39. The lowest BCUT2D eigenvalue weighted by molar-refractivity contribution is -0.156. The second-order valence-electron chi connectivity index (χ2n) is 6.28. The van der Waals surface area contributed by atoms with Gasteiger partial charge in [-0.15, -0.1) is 5.10 Å². The van der Waals surface area contributed by atoms with Crippen LogP contribution in [-0.2, 0) is 14.3 Å². The molecule has 2 aliphatic rings. The van der Waals surface area contributed by atoms with Crippen molar-refractivity contribution in [3.05, 3.63) is 53.5 Å². The number of ether oxygens (including phenoxy) is 2. The fourth-order valence-electron chi connectivity index (χ4n) is 3.44. The number of carbonyl (C=O) groups is 1. The van der Waals surface area contributed by atoms with E-state index in [4.69, 9.17) is 31.2 Å². The number of hydrogen-bond acceptors (Lipinski definition) is 6. The third-order valence-corrected chi connectivity index (χ3v) is 5.05. The monoisotopic (exact) mass is 369 g/mol. The van der Waals surface area contributed by atoms with E-state index in [9.17, 15) is 4.79 Å². The van der Waals surface area contributed by atoms with Crippen LogP contribution in [0, 0.1) is 4.77 Å². The van der Waals surface area contributed by atoms with Gasteiger partial charge >= 0.3 is 0 Å². The molecule has 2 saturated heterocycles. The molecule has 132 valence electrons. The Kier molecular flexibility index (Phi) is 3.63. The van der Waals surface area contributed by atoms with Gasteiger partial charge in [-0.1, -0.05) is 18.2 Å². The number of furan rings is 1. The number of hydrogen-bond donors (Lipinski definition) is 0. The van der Waals surface area contributed by atoms with Crippen molar-refractivity contribution >= 4 is 18.0 Å². The standard InChI is InChI=1S/C18H15N3O4S/c22-13-9-12(15-10-24-17(13)25-15)21-18(26)20(11-5-2-1-3-6-11)16(19-21)14-7-4-8-23-14/h1-8,12,15,17H,9-10H2/t12-,15-,17+/m0/s1. The maximum Gasteiger partial charge on any atom is 0.218 e. The minimum absolute atomic E-state index is 0.0838. The van der Waals surface area contributed by atoms with E-state index in [1.165, 1.54) is 0 Å². The van der Waals surface area contributed by atoms with E-state index in [2.05, 4.69) is 0 Å². The Hall–Kier alpha value is -2.55. The molecule has 2 aromatic heterocycles. The van der Waals surface area contributed by atoms with Gasteiger partial charge in [0.2, 0.25) is 16.9 Å². The first kappa shape index (κ1) is 15.7. The molecule has 4 heterocycles. The summed E-state index contributed by atoms with van der Waals surface area (Å²) in [6, 6.07) is 13.0. The maximum absolute atomic E-state index is 12.2. The average molecular weight is 369 g/mol. The summed E-state index contributed by atoms with van der Waals surface area (Å²) in [5, 5.41) is 4.70. The van der Waals surface area contributed by atoms with Gasteiger partial charge in [-0.25, -0.2) is 4.68 Å². The largest absolute Gasteiger partial charge is 0.461 e. The number of para-hydroxylation sites is 1. The van der Waals surface area contributed by atoms with Crippen LogP contribution >= 0.6 is 12.2 Å². The lowest BCUT2D eigenvalue weighted by Crippen LogP contribution is -2.37. The first-order valence-corrected chi connectivity index (χ1v) is 8.74. The van der Waals surface area contributed by atoms with Crippen LogP contribution in [0.1, 0.15) is 12.5 Å². The van der Waals surface area contributed by atoms with Gasteiger partial charge in [0.1, 0.15) is 6.10 Å². The van der Waals surface area contributed by atoms with Crippen LogP contribution < -0.4 is 0 Å². The molecule has 0 aliphatic carbocycles. The van der Waals surface area contributed by atoms with Crippen LogP contribution in [0.25, 0.3) is 17.3 Å². The lowest BCUT2D eigenvalue weighted by atomic mass is 10.0. The molecule has 2 aliphatic heterocycles. The SMILES string of the molecule is O=C1C[C@H](n2nc(-c3ccco3)n(-c3ccccc3)c2=S)[C@@H]2CO[C@@H]1O2. The van der Waals surface area contributed by atoms with Gasteiger partial charge < -0.3 is 13.9 Å². The Morgan fingerprint density at radius 1 is 1.15 bits per heavy atom. The zero-order valence-electron chi connectivity index (χ0n) is 13.6. The van der Waals surface area contributed by atoms with Crippen molar-refractivity contribution in [2.24, 2.45) is 0 Å². The molecule has 0 amide bonds. The van der Waals surface area contributed by atoms with E-state index < -0.39 is 6.29 Å². The predicted molar refractivity (Wildman–Crippen MR) is 93.4 cm³/mol. The van der Waals surface area contributed by atoms with Crippen molar-refractivity contribution in [2.75, 3.05) is 6.61 Å². The molecule has 1 aromatic carbocycles. The Bertz CT molecular complexity index is 1010. The first-order chi connectivity index (χ1) is 12.7. The lowest BCUT2D eigenvalue weighted by Gasteiger charge is -2.26. The fraction of sp³-hybridized carbons (Fsp3) is 0.278. The number of carbonyl (C=O) groups excluding carboxylic acids is 1. The number of ketones is 1. The summed E-state index contributed by atoms with van der Waals surface area (Å²) < 4.78 is 20.6. The molecule has 3 atom stereocenters. The molecular weight excluding hydrogens is 354 g/mol. The van der Waals surface area contributed by atoms with Crippen molar-refractivity contribution in [3.8, 4) is 17.3 Å². The smallest absolute Gasteiger partial charge is 0.218 e. The minimum atomic E-state index is -0.744. The van der Waals surface area contributed by atoms with Crippen LogP contribution in [0.2, 0.25) is 0 Å². The van der Waals surface area contributed by atoms with Crippen LogP contribution in [0.4, 0.5) is 0 Å². The number of nitrogens with zero attached hydrogens (tertiary/aromatic N) is 3. The van der Waals surface area contributed by atoms with E-state index in [0.717, 1.165) is 5.69 Å². The highest BCUT2D eigenvalue weighted by atomic mass is 32.1. The Morgan fingerprint density at radius 3 is 2.77 bits per heavy atom. The van der Waals surface area contributed by atoms with Gasteiger partial charge in [0, 0.05) is 6.42 Å². The number of Topliss-reactive ketones (excluding diaryl/α,β-unsaturated/α-hetero) is 1. The normalized spacial score (nSPS) is 24.9. The zero-order chi connectivity index (χ0) is 17.7. The number of aromatic nitrogens is 3. The molecule has 0 radical (unpaired) electrons. The van der Waals surface area contributed by atoms with Gasteiger partial charge in [0.15, 0.2) is 11.5 Å². The summed E-state index contributed by atoms with van der Waals surface area (Å²) in [4.78, 5) is 12.2. The summed E-state index contributed by atoms with van der Waals surface area (Å²) in [5.74, 6) is 1.10. The quantitative estimate of drug-likeness (QED) is 0.661. The molecule has 8 heteroatoms. The Labute approximate surface area is 153 Å². The molecule has 7 nitrogen and oxygen atoms in total. The second kappa shape index (κ2) is 6.01. The fourth-order valence-corrected chi connectivity index (χ4v) is 3.81. The summed E-state index contributed by atoms with van der Waals surface area (Å²) in [7, 11) is 0. The van der Waals surface area contributed by atoms with E-state index in [1.807, 2.05) is 41.0 Å². The Morgan fingerprint density at radius 2 is 2.00 bits per heavy atom. The van der Waals surface area contributed by atoms with Crippen molar-refractivity contribution in [2.45, 2.75) is 24.9 Å². The van der Waals surface area contributed by atoms with E-state index in [-0.39, 0.29) is 24.3 Å². The van der Waals surface area contributed by atoms with Gasteiger partial charge in [-0.05, 0) is 36.5 Å². The molecule has 0 saturated carbocycles. The van der Waals surface area contributed by atoms with E-state index in [0.29, 0.717) is 23.0 Å². The van der Waals surface area contributed by atoms with Crippen LogP contribution in [0.5, 0.6) is 0 Å². The highest BCUT2D eigenvalue weighted by Gasteiger charge is 2.45. The molecule has 3 aromatic rings. The number of benzene rings is 1. The molecule has 5 rings (SSSR count). The van der Waals surface area contributed by atoms with Crippen molar-refractivity contribution in [1.82, 2.24) is 14.3 Å². The van der Waals surface area contributed by atoms with Crippen LogP contribution in [0.3, 0.4) is 0 Å². The van der Waals surface area contributed by atoms with Gasteiger partial charge in [-0.3, -0.25) is 9.36 Å². The minimum Gasteiger partial charge on any atom is -0.461 e. The Balaban J connectivity index is 1.68. The van der Waals surface area contributed by atoms with E-state index >= 15 is 0 Å². The van der Waals surface area contributed by atoms with Crippen molar-refractivity contribution in [3.63, 3.8) is 0 Å². The van der Waals surface area contributed by atoms with Crippen molar-refractivity contribution in [1.29, 1.82) is 0 Å². The van der Waals surface area contributed by atoms with Crippen LogP contribution in [0.15, 0.2) is 53.1 Å². The summed E-state index contributed by atoms with van der Waals surface area (Å²) in [5.41, 5.74) is 0.874. The first-order valence-electron chi connectivity index (χ1n) is 8.33. The summed E-state index contributed by atoms with van der Waals surface area (Å²) >= 11 is 5.72. The molecule has 2 fully saturated rings. The predicted octanol–water partition coefficient (Wildman–Crippen LogP) is 2.92. The van der Waals surface area contributed by atoms with E-state index in [1.54, 1.807) is 17.0 Å². The van der Waals surface area contributed by atoms with Gasteiger partial charge in [0.05, 0.1) is 24.6 Å². The summed E-state index contributed by atoms with van der Waals surface area (Å²) in [6.45, 7) is 0.358. The van der Waals surface area contributed by atoms with Crippen molar-refractivity contribution < 1.29 is 18.7 Å². The molecule has 0 spiro atoms. The highest BCUT2D eigenvalue weighted by molar-refractivity contribution is 7.71. The molecular formula is C18H15N3O4S. The third-order valence-electron chi connectivity index (χ3n) is 4.68. The molecule has 2 bridgehead atoms. The third kappa shape index (κ3) is 2.38. The number of fused-ring (bicyclic) bond motifs is 2. The summed E-state index contributed by atoms with van der Waals surface area (Å²) in [6.07, 6.45) is 0.891. The van der Waals surface area contributed by atoms with Gasteiger partial charge in [-0.2, -0.15) is 0 Å².